The molecular weight excluding hydrogens is 408 g/mol. The van der Waals surface area contributed by atoms with E-state index in [0.717, 1.165) is 0 Å². The Bertz CT molecular complexity index is 1250. The van der Waals surface area contributed by atoms with Gasteiger partial charge in [0.15, 0.2) is 16.9 Å². The first-order chi connectivity index (χ1) is 14.7. The second-order valence-electron chi connectivity index (χ2n) is 6.42. The lowest BCUT2D eigenvalue weighted by molar-refractivity contribution is -0.133. The molecular formula is C22H18O9. The highest BCUT2D eigenvalue weighted by molar-refractivity contribution is 5.89. The first-order valence-electron chi connectivity index (χ1n) is 9.03. The Balaban J connectivity index is 2.19. The van der Waals surface area contributed by atoms with Crippen molar-refractivity contribution in [2.75, 3.05) is 7.11 Å². The van der Waals surface area contributed by atoms with Gasteiger partial charge in [0, 0.05) is 44.5 Å². The van der Waals surface area contributed by atoms with E-state index in [-0.39, 0.29) is 39.7 Å². The molecule has 0 aliphatic rings. The van der Waals surface area contributed by atoms with Crippen molar-refractivity contribution < 1.29 is 37.7 Å². The second kappa shape index (κ2) is 8.70. The molecule has 31 heavy (non-hydrogen) atoms. The molecule has 0 N–H and O–H groups in total. The first kappa shape index (κ1) is 21.6. The SMILES string of the molecule is COc1cc(-c2cc(=O)c3c(OC(C)=O)cc(OC(C)=O)cc3o2)ccc1OC(C)=O. The van der Waals surface area contributed by atoms with Crippen LogP contribution in [0.15, 0.2) is 45.6 Å². The molecule has 0 fully saturated rings. The summed E-state index contributed by atoms with van der Waals surface area (Å²) < 4.78 is 26.3. The minimum absolute atomic E-state index is 0.0124. The van der Waals surface area contributed by atoms with Crippen LogP contribution < -0.4 is 24.4 Å². The van der Waals surface area contributed by atoms with Gasteiger partial charge in [-0.1, -0.05) is 0 Å². The molecule has 0 amide bonds. The Kier molecular flexibility index (Phi) is 6.05. The monoisotopic (exact) mass is 426 g/mol. The Labute approximate surface area is 176 Å². The average Bonchev–Trinajstić information content (AvgIpc) is 2.66. The third kappa shape index (κ3) is 4.89. The van der Waals surface area contributed by atoms with Crippen LogP contribution >= 0.6 is 0 Å². The van der Waals surface area contributed by atoms with Gasteiger partial charge in [-0.05, 0) is 18.2 Å². The lowest BCUT2D eigenvalue weighted by Gasteiger charge is -2.11. The minimum Gasteiger partial charge on any atom is -0.493 e. The van der Waals surface area contributed by atoms with E-state index < -0.39 is 23.3 Å². The van der Waals surface area contributed by atoms with Crippen molar-refractivity contribution in [3.05, 3.63) is 46.6 Å². The standard InChI is InChI=1S/C22H18O9/c1-11(23)28-15-8-20(30-13(3)25)22-16(26)10-18(31-21(22)9-15)14-5-6-17(29-12(2)24)19(7-14)27-4/h5-10H,1-4H3. The first-order valence-corrected chi connectivity index (χ1v) is 9.03. The molecule has 0 aliphatic heterocycles. The number of benzene rings is 2. The third-order valence-electron chi connectivity index (χ3n) is 3.99. The number of esters is 3. The summed E-state index contributed by atoms with van der Waals surface area (Å²) in [4.78, 5) is 46.9. The largest absolute Gasteiger partial charge is 0.493 e. The number of carbonyl (C=O) groups is 3. The van der Waals surface area contributed by atoms with E-state index >= 15 is 0 Å². The van der Waals surface area contributed by atoms with Crippen LogP contribution in [0.5, 0.6) is 23.0 Å². The number of hydrogen-bond donors (Lipinski definition) is 0. The Morgan fingerprint density at radius 3 is 2.03 bits per heavy atom. The van der Waals surface area contributed by atoms with Gasteiger partial charge < -0.3 is 23.4 Å². The summed E-state index contributed by atoms with van der Waals surface area (Å²) in [6, 6.07) is 8.44. The predicted octanol–water partition coefficient (Wildman–Crippen LogP) is 3.24. The van der Waals surface area contributed by atoms with Gasteiger partial charge in [0.2, 0.25) is 0 Å². The van der Waals surface area contributed by atoms with Gasteiger partial charge in [0.25, 0.3) is 0 Å². The number of methoxy groups -OCH3 is 1. The van der Waals surface area contributed by atoms with Crippen molar-refractivity contribution in [2.45, 2.75) is 20.8 Å². The molecule has 9 nitrogen and oxygen atoms in total. The zero-order valence-electron chi connectivity index (χ0n) is 17.1. The molecule has 1 aromatic heterocycles. The number of ether oxygens (including phenoxy) is 4. The average molecular weight is 426 g/mol. The normalized spacial score (nSPS) is 10.5. The van der Waals surface area contributed by atoms with Crippen LogP contribution in [-0.4, -0.2) is 25.0 Å². The summed E-state index contributed by atoms with van der Waals surface area (Å²) >= 11 is 0. The quantitative estimate of drug-likeness (QED) is 0.447. The van der Waals surface area contributed by atoms with Crippen LogP contribution in [0.3, 0.4) is 0 Å². The lowest BCUT2D eigenvalue weighted by atomic mass is 10.1. The zero-order valence-corrected chi connectivity index (χ0v) is 17.1. The molecule has 0 radical (unpaired) electrons. The van der Waals surface area contributed by atoms with Gasteiger partial charge >= 0.3 is 17.9 Å². The maximum Gasteiger partial charge on any atom is 0.308 e. The number of rotatable bonds is 5. The molecule has 1 heterocycles. The predicted molar refractivity (Wildman–Crippen MR) is 108 cm³/mol. The molecule has 0 bridgehead atoms. The molecule has 0 unspecified atom stereocenters. The molecule has 0 spiro atoms. The van der Waals surface area contributed by atoms with Gasteiger partial charge in [-0.15, -0.1) is 0 Å². The fourth-order valence-electron chi connectivity index (χ4n) is 2.89. The Hall–Kier alpha value is -4.14. The van der Waals surface area contributed by atoms with Crippen LogP contribution in [-0.2, 0) is 14.4 Å². The van der Waals surface area contributed by atoms with Crippen LogP contribution in [0.4, 0.5) is 0 Å². The fraction of sp³-hybridized carbons (Fsp3) is 0.182. The highest BCUT2D eigenvalue weighted by atomic mass is 16.6. The van der Waals surface area contributed by atoms with Crippen molar-refractivity contribution in [2.24, 2.45) is 0 Å². The molecule has 3 rings (SSSR count). The minimum atomic E-state index is -0.657. The topological polar surface area (TPSA) is 118 Å². The number of fused-ring (bicyclic) bond motifs is 1. The van der Waals surface area contributed by atoms with E-state index in [9.17, 15) is 19.2 Å². The van der Waals surface area contributed by atoms with E-state index in [2.05, 4.69) is 0 Å². The molecule has 3 aromatic rings. The highest BCUT2D eigenvalue weighted by Gasteiger charge is 2.17. The lowest BCUT2D eigenvalue weighted by Crippen LogP contribution is -2.09. The molecule has 2 aromatic carbocycles. The molecule has 0 aliphatic carbocycles. The molecule has 9 heteroatoms. The molecule has 160 valence electrons. The summed E-state index contributed by atoms with van der Waals surface area (Å²) in [7, 11) is 1.40. The summed E-state index contributed by atoms with van der Waals surface area (Å²) in [5.74, 6) is -1.20. The van der Waals surface area contributed by atoms with Gasteiger partial charge in [-0.3, -0.25) is 19.2 Å². The fourth-order valence-corrected chi connectivity index (χ4v) is 2.89. The summed E-state index contributed by atoms with van der Waals surface area (Å²) in [6.45, 7) is 3.65. The van der Waals surface area contributed by atoms with Crippen molar-refractivity contribution in [1.29, 1.82) is 0 Å². The van der Waals surface area contributed by atoms with Gasteiger partial charge in [0.1, 0.15) is 28.2 Å². The maximum atomic E-state index is 12.8. The van der Waals surface area contributed by atoms with E-state index in [1.54, 1.807) is 6.07 Å². The number of carbonyl (C=O) groups excluding carboxylic acids is 3. The molecule has 0 atom stereocenters. The van der Waals surface area contributed by atoms with Crippen LogP contribution in [0.25, 0.3) is 22.3 Å². The smallest absolute Gasteiger partial charge is 0.308 e. The van der Waals surface area contributed by atoms with Gasteiger partial charge in [0.05, 0.1) is 7.11 Å². The third-order valence-corrected chi connectivity index (χ3v) is 3.99. The number of hydrogen-bond acceptors (Lipinski definition) is 9. The second-order valence-corrected chi connectivity index (χ2v) is 6.42. The maximum absolute atomic E-state index is 12.8. The van der Waals surface area contributed by atoms with E-state index in [1.807, 2.05) is 0 Å². The summed E-state index contributed by atoms with van der Waals surface area (Å²) in [5, 5.41) is 0.0124. The zero-order chi connectivity index (χ0) is 22.7. The summed E-state index contributed by atoms with van der Waals surface area (Å²) in [5.41, 5.74) is 0.0177. The van der Waals surface area contributed by atoms with Crippen LogP contribution in [0.1, 0.15) is 20.8 Å². The molecule has 0 saturated heterocycles. The van der Waals surface area contributed by atoms with E-state index in [4.69, 9.17) is 23.4 Å². The Morgan fingerprint density at radius 2 is 1.42 bits per heavy atom. The van der Waals surface area contributed by atoms with E-state index in [1.165, 1.54) is 58.2 Å². The van der Waals surface area contributed by atoms with Crippen molar-refractivity contribution in [3.63, 3.8) is 0 Å². The Morgan fingerprint density at radius 1 is 0.774 bits per heavy atom. The van der Waals surface area contributed by atoms with Crippen LogP contribution in [0, 0.1) is 0 Å². The summed E-state index contributed by atoms with van der Waals surface area (Å²) in [6.07, 6.45) is 0. The van der Waals surface area contributed by atoms with E-state index in [0.29, 0.717) is 5.56 Å². The molecule has 0 saturated carbocycles. The van der Waals surface area contributed by atoms with Crippen molar-refractivity contribution in [3.8, 4) is 34.3 Å². The van der Waals surface area contributed by atoms with Crippen LogP contribution in [0.2, 0.25) is 0 Å². The highest BCUT2D eigenvalue weighted by Crippen LogP contribution is 2.35. The van der Waals surface area contributed by atoms with Gasteiger partial charge in [-0.2, -0.15) is 0 Å². The van der Waals surface area contributed by atoms with Crippen molar-refractivity contribution >= 4 is 28.9 Å². The van der Waals surface area contributed by atoms with Gasteiger partial charge in [-0.25, -0.2) is 0 Å². The van der Waals surface area contributed by atoms with Crippen molar-refractivity contribution in [1.82, 2.24) is 0 Å².